The highest BCUT2D eigenvalue weighted by Gasteiger charge is 2.53. The highest BCUT2D eigenvalue weighted by molar-refractivity contribution is 5.98. The van der Waals surface area contributed by atoms with E-state index in [1.165, 1.54) is 44.9 Å². The smallest absolute Gasteiger partial charge is 0.261 e. The van der Waals surface area contributed by atoms with Crippen molar-refractivity contribution in [3.8, 4) is 5.69 Å². The van der Waals surface area contributed by atoms with Crippen LogP contribution in [-0.4, -0.2) is 39.0 Å². The third-order valence-corrected chi connectivity index (χ3v) is 7.75. The number of amides is 1. The Balaban J connectivity index is 1.13. The first-order chi connectivity index (χ1) is 15.0. The summed E-state index contributed by atoms with van der Waals surface area (Å²) < 4.78 is 1.70. The van der Waals surface area contributed by atoms with Crippen LogP contribution in [0.1, 0.15) is 57.9 Å². The molecule has 7 nitrogen and oxygen atoms in total. The van der Waals surface area contributed by atoms with Crippen LogP contribution in [0.4, 0.5) is 0 Å². The molecular formula is C24H31N5O2. The van der Waals surface area contributed by atoms with Crippen LogP contribution in [-0.2, 0) is 9.63 Å². The Hall–Kier alpha value is -2.70. The van der Waals surface area contributed by atoms with E-state index < -0.39 is 0 Å². The van der Waals surface area contributed by atoms with E-state index in [0.29, 0.717) is 5.41 Å². The lowest BCUT2D eigenvalue weighted by atomic mass is 9.48. The zero-order chi connectivity index (χ0) is 21.4. The first-order valence-corrected chi connectivity index (χ1v) is 11.4. The van der Waals surface area contributed by atoms with E-state index in [1.807, 2.05) is 31.2 Å². The van der Waals surface area contributed by atoms with Crippen molar-refractivity contribution in [1.82, 2.24) is 20.1 Å². The number of oxime groups is 1. The fraction of sp³-hybridized carbons (Fsp3) is 0.583. The topological polar surface area (TPSA) is 81.4 Å². The van der Waals surface area contributed by atoms with Crippen molar-refractivity contribution in [2.45, 2.75) is 58.4 Å². The van der Waals surface area contributed by atoms with Crippen molar-refractivity contribution in [1.29, 1.82) is 0 Å². The Morgan fingerprint density at radius 1 is 1.19 bits per heavy atom. The molecule has 1 N–H and O–H groups in total. The lowest BCUT2D eigenvalue weighted by Gasteiger charge is -2.59. The van der Waals surface area contributed by atoms with Crippen LogP contribution >= 0.6 is 0 Å². The molecule has 1 heterocycles. The minimum atomic E-state index is -0.0821. The molecular weight excluding hydrogens is 390 g/mol. The minimum absolute atomic E-state index is 0.0505. The lowest BCUT2D eigenvalue weighted by molar-refractivity contribution is -0.130. The van der Waals surface area contributed by atoms with E-state index in [1.54, 1.807) is 11.0 Å². The summed E-state index contributed by atoms with van der Waals surface area (Å²) in [5.41, 5.74) is 2.89. The van der Waals surface area contributed by atoms with Crippen molar-refractivity contribution in [3.63, 3.8) is 0 Å². The van der Waals surface area contributed by atoms with Crippen LogP contribution in [0, 0.1) is 23.2 Å². The molecule has 31 heavy (non-hydrogen) atoms. The number of aromatic nitrogens is 3. The number of benzene rings is 1. The summed E-state index contributed by atoms with van der Waals surface area (Å²) in [6, 6.07) is 8.00. The zero-order valence-electron chi connectivity index (χ0n) is 18.3. The predicted molar refractivity (Wildman–Crippen MR) is 118 cm³/mol. The number of carbonyl (C=O) groups excluding carboxylic acids is 1. The number of nitrogens with zero attached hydrogens (tertiary/aromatic N) is 4. The largest absolute Gasteiger partial charge is 0.385 e. The Morgan fingerprint density at radius 3 is 2.42 bits per heavy atom. The molecule has 4 fully saturated rings. The molecule has 0 aliphatic heterocycles. The van der Waals surface area contributed by atoms with Gasteiger partial charge in [-0.3, -0.25) is 4.79 Å². The Labute approximate surface area is 183 Å². The lowest BCUT2D eigenvalue weighted by Crippen LogP contribution is -2.56. The second kappa shape index (κ2) is 8.09. The quantitative estimate of drug-likeness (QED) is 0.546. The Bertz CT molecular complexity index is 916. The van der Waals surface area contributed by atoms with Gasteiger partial charge in [0.05, 0.1) is 11.4 Å². The number of rotatable bonds is 7. The highest BCUT2D eigenvalue weighted by Crippen LogP contribution is 2.61. The van der Waals surface area contributed by atoms with E-state index in [0.717, 1.165) is 34.7 Å². The normalized spacial score (nSPS) is 30.3. The zero-order valence-corrected chi connectivity index (χ0v) is 18.3. The van der Waals surface area contributed by atoms with E-state index in [9.17, 15) is 4.79 Å². The van der Waals surface area contributed by atoms with Crippen LogP contribution in [0.3, 0.4) is 0 Å². The van der Waals surface area contributed by atoms with E-state index in [2.05, 4.69) is 27.5 Å². The second-order valence-corrected chi connectivity index (χ2v) is 9.91. The van der Waals surface area contributed by atoms with Gasteiger partial charge in [0, 0.05) is 6.04 Å². The molecule has 4 saturated carbocycles. The van der Waals surface area contributed by atoms with Gasteiger partial charge in [0.2, 0.25) is 0 Å². The summed E-state index contributed by atoms with van der Waals surface area (Å²) in [7, 11) is 0. The van der Waals surface area contributed by atoms with E-state index in [4.69, 9.17) is 4.84 Å². The van der Waals surface area contributed by atoms with Crippen molar-refractivity contribution in [2.24, 2.45) is 28.3 Å². The molecule has 6 rings (SSSR count). The number of nitrogens with one attached hydrogen (secondary N) is 1. The SMILES string of the molecule is CC(=NOCC(=O)NC(C)C12CC3CC(CC(C3)C1)C2)c1ccc(-n2cncn2)cc1. The average Bonchev–Trinajstić information content (AvgIpc) is 3.28. The fourth-order valence-corrected chi connectivity index (χ4v) is 6.58. The molecule has 4 aliphatic rings. The number of hydrogen-bond donors (Lipinski definition) is 1. The first kappa shape index (κ1) is 20.2. The van der Waals surface area contributed by atoms with Crippen LogP contribution in [0.25, 0.3) is 5.69 Å². The van der Waals surface area contributed by atoms with Gasteiger partial charge in [0.15, 0.2) is 6.61 Å². The highest BCUT2D eigenvalue weighted by atomic mass is 16.6. The molecule has 1 aromatic heterocycles. The molecule has 1 amide bonds. The van der Waals surface area contributed by atoms with Crippen molar-refractivity contribution >= 4 is 11.6 Å². The molecule has 1 aromatic carbocycles. The maximum Gasteiger partial charge on any atom is 0.261 e. The van der Waals surface area contributed by atoms with E-state index in [-0.39, 0.29) is 18.6 Å². The van der Waals surface area contributed by atoms with Crippen LogP contribution in [0.2, 0.25) is 0 Å². The van der Waals surface area contributed by atoms with Gasteiger partial charge in [-0.1, -0.05) is 17.3 Å². The maximum atomic E-state index is 12.5. The molecule has 0 radical (unpaired) electrons. The van der Waals surface area contributed by atoms with Crippen molar-refractivity contribution in [2.75, 3.05) is 6.61 Å². The molecule has 4 aliphatic carbocycles. The molecule has 1 unspecified atom stereocenters. The van der Waals surface area contributed by atoms with Crippen molar-refractivity contribution in [3.05, 3.63) is 42.5 Å². The summed E-state index contributed by atoms with van der Waals surface area (Å²) in [5.74, 6) is 2.56. The first-order valence-electron chi connectivity index (χ1n) is 11.4. The maximum absolute atomic E-state index is 12.5. The molecule has 0 saturated heterocycles. The third kappa shape index (κ3) is 4.10. The van der Waals surface area contributed by atoms with E-state index >= 15 is 0 Å². The number of hydrogen-bond acceptors (Lipinski definition) is 5. The molecule has 164 valence electrons. The van der Waals surface area contributed by atoms with Gasteiger partial charge in [0.25, 0.3) is 5.91 Å². The second-order valence-electron chi connectivity index (χ2n) is 9.91. The predicted octanol–water partition coefficient (Wildman–Crippen LogP) is 3.73. The monoisotopic (exact) mass is 421 g/mol. The summed E-state index contributed by atoms with van der Waals surface area (Å²) in [5, 5.41) is 11.5. The van der Waals surface area contributed by atoms with Gasteiger partial charge in [-0.25, -0.2) is 9.67 Å². The summed E-state index contributed by atoms with van der Waals surface area (Å²) in [4.78, 5) is 21.9. The standard InChI is InChI=1S/C24H31N5O2/c1-16(21-3-5-22(6-4-21)29-15-25-14-26-29)28-31-13-23(30)27-17(2)24-10-18-7-19(11-24)9-20(8-18)12-24/h3-6,14-15,17-20H,7-13H2,1-2H3,(H,27,30). The molecule has 1 atom stereocenters. The van der Waals surface area contributed by atoms with Gasteiger partial charge in [-0.05, 0) is 93.2 Å². The van der Waals surface area contributed by atoms with Crippen LogP contribution in [0.5, 0.6) is 0 Å². The Morgan fingerprint density at radius 2 is 1.84 bits per heavy atom. The number of carbonyl (C=O) groups is 1. The molecule has 4 bridgehead atoms. The fourth-order valence-electron chi connectivity index (χ4n) is 6.58. The minimum Gasteiger partial charge on any atom is -0.385 e. The summed E-state index contributed by atoms with van der Waals surface area (Å²) in [6.45, 7) is 4.02. The summed E-state index contributed by atoms with van der Waals surface area (Å²) in [6.07, 6.45) is 11.2. The van der Waals surface area contributed by atoms with Crippen LogP contribution < -0.4 is 5.32 Å². The van der Waals surface area contributed by atoms with Gasteiger partial charge in [0.1, 0.15) is 12.7 Å². The van der Waals surface area contributed by atoms with Gasteiger partial charge >= 0.3 is 0 Å². The third-order valence-electron chi connectivity index (χ3n) is 7.75. The van der Waals surface area contributed by atoms with Gasteiger partial charge < -0.3 is 10.2 Å². The summed E-state index contributed by atoms with van der Waals surface area (Å²) >= 11 is 0. The van der Waals surface area contributed by atoms with Gasteiger partial charge in [-0.15, -0.1) is 0 Å². The average molecular weight is 422 g/mol. The molecule has 0 spiro atoms. The van der Waals surface area contributed by atoms with Crippen molar-refractivity contribution < 1.29 is 9.63 Å². The molecule has 7 heteroatoms. The van der Waals surface area contributed by atoms with Gasteiger partial charge in [-0.2, -0.15) is 5.10 Å². The van der Waals surface area contributed by atoms with Crippen LogP contribution in [0.15, 0.2) is 42.1 Å². The molecule has 2 aromatic rings. The Kier molecular flexibility index (Phi) is 5.28.